The summed E-state index contributed by atoms with van der Waals surface area (Å²) in [6.07, 6.45) is -0.508. The highest BCUT2D eigenvalue weighted by atomic mass is 19.4. The quantitative estimate of drug-likeness (QED) is 0.242. The summed E-state index contributed by atoms with van der Waals surface area (Å²) in [5.41, 5.74) is 1.17. The van der Waals surface area contributed by atoms with E-state index >= 15 is 0 Å². The van der Waals surface area contributed by atoms with E-state index < -0.39 is 35.6 Å². The second-order valence-electron chi connectivity index (χ2n) is 7.75. The van der Waals surface area contributed by atoms with Crippen LogP contribution in [-0.4, -0.2) is 33.1 Å². The first-order valence-electron chi connectivity index (χ1n) is 10.4. The molecule has 0 saturated carbocycles. The number of hydrogen-bond acceptors (Lipinski definition) is 5. The molecule has 1 aliphatic heterocycles. The number of Topliss-reactive ketones (excluding diaryl/α,β-unsaturated/α-hetero) is 1. The first kappa shape index (κ1) is 22.2. The van der Waals surface area contributed by atoms with Crippen LogP contribution in [0.1, 0.15) is 17.2 Å². The van der Waals surface area contributed by atoms with E-state index in [-0.39, 0.29) is 11.3 Å². The number of amides is 1. The van der Waals surface area contributed by atoms with Gasteiger partial charge >= 0.3 is 6.36 Å². The Bertz CT molecular complexity index is 1480. The molecular formula is C25H16F3N3O4. The predicted molar refractivity (Wildman–Crippen MR) is 120 cm³/mol. The summed E-state index contributed by atoms with van der Waals surface area (Å²) in [6.45, 7) is 0. The maximum atomic E-state index is 13.2. The van der Waals surface area contributed by atoms with Gasteiger partial charge in [-0.25, -0.2) is 0 Å². The summed E-state index contributed by atoms with van der Waals surface area (Å²) >= 11 is 0. The number of anilines is 1. The number of alkyl halides is 3. The summed E-state index contributed by atoms with van der Waals surface area (Å²) in [7, 11) is 0. The molecule has 2 N–H and O–H groups in total. The normalized spacial score (nSPS) is 17.8. The molecule has 1 atom stereocenters. The zero-order valence-electron chi connectivity index (χ0n) is 17.8. The fraction of sp³-hybridized carbons (Fsp3) is 0.0800. The first-order valence-corrected chi connectivity index (χ1v) is 10.4. The lowest BCUT2D eigenvalue weighted by Crippen LogP contribution is -2.29. The Morgan fingerprint density at radius 3 is 2.60 bits per heavy atom. The molecule has 176 valence electrons. The number of pyridine rings is 1. The Morgan fingerprint density at radius 2 is 1.86 bits per heavy atom. The van der Waals surface area contributed by atoms with E-state index in [1.165, 1.54) is 30.7 Å². The smallest absolute Gasteiger partial charge is 0.507 e. The number of aromatic amines is 1. The number of halogens is 3. The molecule has 2 aromatic carbocycles. The molecule has 1 amide bonds. The van der Waals surface area contributed by atoms with Crippen molar-refractivity contribution in [2.24, 2.45) is 0 Å². The average molecular weight is 479 g/mol. The minimum Gasteiger partial charge on any atom is -0.507 e. The summed E-state index contributed by atoms with van der Waals surface area (Å²) in [6, 6.07) is 13.9. The van der Waals surface area contributed by atoms with E-state index in [4.69, 9.17) is 0 Å². The molecule has 1 saturated heterocycles. The van der Waals surface area contributed by atoms with Crippen LogP contribution in [0.15, 0.2) is 84.8 Å². The molecule has 2 aromatic heterocycles. The van der Waals surface area contributed by atoms with Crippen molar-refractivity contribution in [3.63, 3.8) is 0 Å². The fourth-order valence-electron chi connectivity index (χ4n) is 4.19. The van der Waals surface area contributed by atoms with Crippen molar-refractivity contribution in [2.75, 3.05) is 4.90 Å². The Hall–Kier alpha value is -4.60. The molecule has 0 radical (unpaired) electrons. The van der Waals surface area contributed by atoms with Gasteiger partial charge in [0.15, 0.2) is 0 Å². The molecule has 1 unspecified atom stereocenters. The zero-order valence-corrected chi connectivity index (χ0v) is 17.8. The number of para-hydroxylation sites is 1. The van der Waals surface area contributed by atoms with E-state index in [1.807, 2.05) is 0 Å². The number of carbonyl (C=O) groups excluding carboxylic acids is 2. The topological polar surface area (TPSA) is 95.5 Å². The molecule has 10 heteroatoms. The van der Waals surface area contributed by atoms with E-state index in [0.29, 0.717) is 22.0 Å². The molecule has 1 aliphatic rings. The Morgan fingerprint density at radius 1 is 1.06 bits per heavy atom. The van der Waals surface area contributed by atoms with Crippen molar-refractivity contribution in [1.29, 1.82) is 0 Å². The van der Waals surface area contributed by atoms with Crippen molar-refractivity contribution >= 4 is 34.0 Å². The van der Waals surface area contributed by atoms with Gasteiger partial charge in [0.25, 0.3) is 11.7 Å². The van der Waals surface area contributed by atoms with Gasteiger partial charge in [0.05, 0.1) is 11.6 Å². The van der Waals surface area contributed by atoms with Gasteiger partial charge in [-0.05, 0) is 29.8 Å². The number of fused-ring (bicyclic) bond motifs is 1. The predicted octanol–water partition coefficient (Wildman–Crippen LogP) is 5.09. The summed E-state index contributed by atoms with van der Waals surface area (Å²) in [4.78, 5) is 34.5. The van der Waals surface area contributed by atoms with Gasteiger partial charge in [0, 0.05) is 46.8 Å². The van der Waals surface area contributed by atoms with E-state index in [1.54, 1.807) is 36.4 Å². The van der Waals surface area contributed by atoms with Gasteiger partial charge in [-0.15, -0.1) is 13.2 Å². The number of H-pyrrole nitrogens is 1. The van der Waals surface area contributed by atoms with Gasteiger partial charge in [-0.2, -0.15) is 0 Å². The highest BCUT2D eigenvalue weighted by Gasteiger charge is 2.47. The Labute approximate surface area is 196 Å². The number of aliphatic hydroxyl groups is 1. The fourth-order valence-corrected chi connectivity index (χ4v) is 4.19. The van der Waals surface area contributed by atoms with Crippen LogP contribution >= 0.6 is 0 Å². The van der Waals surface area contributed by atoms with Crippen molar-refractivity contribution in [2.45, 2.75) is 12.4 Å². The lowest BCUT2D eigenvalue weighted by Gasteiger charge is -2.25. The average Bonchev–Trinajstić information content (AvgIpc) is 3.37. The third-order valence-corrected chi connectivity index (χ3v) is 5.62. The van der Waals surface area contributed by atoms with Gasteiger partial charge in [-0.3, -0.25) is 19.5 Å². The maximum absolute atomic E-state index is 13.2. The summed E-state index contributed by atoms with van der Waals surface area (Å²) in [5.74, 6) is -2.97. The Kier molecular flexibility index (Phi) is 5.28. The third kappa shape index (κ3) is 3.99. The van der Waals surface area contributed by atoms with Crippen LogP contribution in [0.4, 0.5) is 18.9 Å². The van der Waals surface area contributed by atoms with Crippen molar-refractivity contribution in [3.05, 3.63) is 96.0 Å². The monoisotopic (exact) mass is 479 g/mol. The molecular weight excluding hydrogens is 463 g/mol. The van der Waals surface area contributed by atoms with Gasteiger partial charge in [0.2, 0.25) is 0 Å². The van der Waals surface area contributed by atoms with Gasteiger partial charge in [0.1, 0.15) is 11.5 Å². The molecule has 3 heterocycles. The summed E-state index contributed by atoms with van der Waals surface area (Å²) in [5, 5.41) is 11.9. The number of carbonyl (C=O) groups is 2. The lowest BCUT2D eigenvalue weighted by molar-refractivity contribution is -0.274. The van der Waals surface area contributed by atoms with Crippen LogP contribution in [0, 0.1) is 0 Å². The standard InChI is InChI=1S/C25H16F3N3O4/c26-25(27,28)35-16-7-3-6-15(11-16)31-21(14-5-4-10-29-12-14)20(23(33)24(31)34)22(32)18-13-30-19-9-2-1-8-17(18)19/h1-13,21,30,32H/b22-20-. The number of hydrogen-bond donors (Lipinski definition) is 2. The number of rotatable bonds is 4. The molecule has 7 nitrogen and oxygen atoms in total. The molecule has 0 spiro atoms. The van der Waals surface area contributed by atoms with Crippen LogP contribution < -0.4 is 9.64 Å². The van der Waals surface area contributed by atoms with Crippen LogP contribution in [0.2, 0.25) is 0 Å². The van der Waals surface area contributed by atoms with Crippen molar-refractivity contribution in [3.8, 4) is 5.75 Å². The van der Waals surface area contributed by atoms with Crippen molar-refractivity contribution < 1.29 is 32.6 Å². The van der Waals surface area contributed by atoms with Crippen LogP contribution in [0.25, 0.3) is 16.7 Å². The number of ketones is 1. The van der Waals surface area contributed by atoms with Crippen LogP contribution in [0.5, 0.6) is 5.75 Å². The molecule has 35 heavy (non-hydrogen) atoms. The minimum atomic E-state index is -4.94. The molecule has 0 bridgehead atoms. The molecule has 0 aliphatic carbocycles. The highest BCUT2D eigenvalue weighted by molar-refractivity contribution is 6.51. The lowest BCUT2D eigenvalue weighted by atomic mass is 9.96. The second-order valence-corrected chi connectivity index (χ2v) is 7.75. The number of aliphatic hydroxyl groups excluding tert-OH is 1. The largest absolute Gasteiger partial charge is 0.573 e. The molecule has 5 rings (SSSR count). The third-order valence-electron chi connectivity index (χ3n) is 5.62. The summed E-state index contributed by atoms with van der Waals surface area (Å²) < 4.78 is 42.3. The minimum absolute atomic E-state index is 0.0133. The number of aromatic nitrogens is 2. The van der Waals surface area contributed by atoms with E-state index in [2.05, 4.69) is 14.7 Å². The van der Waals surface area contributed by atoms with E-state index in [0.717, 1.165) is 17.0 Å². The second kappa shape index (κ2) is 8.32. The van der Waals surface area contributed by atoms with Gasteiger partial charge < -0.3 is 14.8 Å². The molecule has 1 fully saturated rings. The first-order chi connectivity index (χ1) is 16.7. The highest BCUT2D eigenvalue weighted by Crippen LogP contribution is 2.43. The van der Waals surface area contributed by atoms with Crippen LogP contribution in [0.3, 0.4) is 0 Å². The SMILES string of the molecule is O=C1C(=O)N(c2cccc(OC(F)(F)F)c2)C(c2cccnc2)/C1=C(/O)c1c[nH]c2ccccc12. The Balaban J connectivity index is 1.70. The molecule has 4 aromatic rings. The number of nitrogens with zero attached hydrogens (tertiary/aromatic N) is 2. The maximum Gasteiger partial charge on any atom is 0.573 e. The van der Waals surface area contributed by atoms with Gasteiger partial charge in [-0.1, -0.05) is 30.3 Å². The number of benzene rings is 2. The van der Waals surface area contributed by atoms with Crippen LogP contribution in [-0.2, 0) is 9.59 Å². The number of nitrogens with one attached hydrogen (secondary N) is 1. The number of ether oxygens (including phenoxy) is 1. The van der Waals surface area contributed by atoms with E-state index in [9.17, 15) is 27.9 Å². The van der Waals surface area contributed by atoms with Crippen molar-refractivity contribution in [1.82, 2.24) is 9.97 Å². The zero-order chi connectivity index (χ0) is 24.7.